The minimum atomic E-state index is -0.244. The Morgan fingerprint density at radius 1 is 1.50 bits per heavy atom. The van der Waals surface area contributed by atoms with E-state index >= 15 is 0 Å². The molecule has 1 fully saturated rings. The standard InChI is InChI=1S/C8H17NO/c1-7-2-4-8(9,6-10)5-3-7/h7,10H,2-6,9H2,1H3/t7-,8+. The Hall–Kier alpha value is -0.0800. The summed E-state index contributed by atoms with van der Waals surface area (Å²) < 4.78 is 0. The van der Waals surface area contributed by atoms with Crippen LogP contribution < -0.4 is 5.73 Å². The van der Waals surface area contributed by atoms with E-state index in [2.05, 4.69) is 6.92 Å². The Morgan fingerprint density at radius 2 is 2.00 bits per heavy atom. The second-order valence-corrected chi connectivity index (χ2v) is 3.70. The van der Waals surface area contributed by atoms with Crippen LogP contribution in [0.2, 0.25) is 0 Å². The SMILES string of the molecule is C[C@H]1CC[C@](N)(CO)CC1. The van der Waals surface area contributed by atoms with Crippen LogP contribution in [0.3, 0.4) is 0 Å². The Labute approximate surface area is 62.4 Å². The lowest BCUT2D eigenvalue weighted by atomic mass is 9.78. The summed E-state index contributed by atoms with van der Waals surface area (Å²) in [6.45, 7) is 2.40. The van der Waals surface area contributed by atoms with Gasteiger partial charge in [0.15, 0.2) is 0 Å². The van der Waals surface area contributed by atoms with Gasteiger partial charge in [-0.1, -0.05) is 6.92 Å². The molecule has 0 atom stereocenters. The number of hydrogen-bond donors (Lipinski definition) is 2. The van der Waals surface area contributed by atoms with E-state index in [1.807, 2.05) is 0 Å². The second kappa shape index (κ2) is 2.89. The van der Waals surface area contributed by atoms with E-state index < -0.39 is 0 Å². The van der Waals surface area contributed by atoms with E-state index in [4.69, 9.17) is 10.8 Å². The average Bonchev–Trinajstić information content (AvgIpc) is 1.96. The van der Waals surface area contributed by atoms with Crippen molar-refractivity contribution >= 4 is 0 Å². The molecule has 10 heavy (non-hydrogen) atoms. The highest BCUT2D eigenvalue weighted by Gasteiger charge is 2.28. The van der Waals surface area contributed by atoms with E-state index in [-0.39, 0.29) is 12.1 Å². The van der Waals surface area contributed by atoms with Crippen molar-refractivity contribution < 1.29 is 5.11 Å². The molecule has 0 radical (unpaired) electrons. The van der Waals surface area contributed by atoms with Crippen molar-refractivity contribution in [2.45, 2.75) is 38.1 Å². The van der Waals surface area contributed by atoms with E-state index in [0.717, 1.165) is 18.8 Å². The first-order valence-corrected chi connectivity index (χ1v) is 4.06. The van der Waals surface area contributed by atoms with Crippen molar-refractivity contribution in [1.29, 1.82) is 0 Å². The zero-order valence-electron chi connectivity index (χ0n) is 6.64. The molecule has 2 heteroatoms. The van der Waals surface area contributed by atoms with Crippen molar-refractivity contribution in [2.75, 3.05) is 6.61 Å². The Bertz CT molecular complexity index is 106. The first-order chi connectivity index (χ1) is 4.66. The van der Waals surface area contributed by atoms with E-state index in [9.17, 15) is 0 Å². The summed E-state index contributed by atoms with van der Waals surface area (Å²) in [7, 11) is 0. The van der Waals surface area contributed by atoms with Crippen LogP contribution in [-0.4, -0.2) is 17.3 Å². The maximum absolute atomic E-state index is 8.91. The molecule has 0 aromatic rings. The van der Waals surface area contributed by atoms with Crippen molar-refractivity contribution in [1.82, 2.24) is 0 Å². The van der Waals surface area contributed by atoms with Gasteiger partial charge < -0.3 is 10.8 Å². The summed E-state index contributed by atoms with van der Waals surface area (Å²) >= 11 is 0. The second-order valence-electron chi connectivity index (χ2n) is 3.70. The minimum Gasteiger partial charge on any atom is -0.394 e. The molecule has 0 unspecified atom stereocenters. The highest BCUT2D eigenvalue weighted by molar-refractivity contribution is 4.87. The quantitative estimate of drug-likeness (QED) is 0.572. The molecule has 60 valence electrons. The molecule has 1 aliphatic carbocycles. The highest BCUT2D eigenvalue weighted by atomic mass is 16.3. The third kappa shape index (κ3) is 1.70. The summed E-state index contributed by atoms with van der Waals surface area (Å²) in [6, 6.07) is 0. The van der Waals surface area contributed by atoms with E-state index in [0.29, 0.717) is 0 Å². The molecular weight excluding hydrogens is 126 g/mol. The summed E-state index contributed by atoms with van der Waals surface area (Å²) in [6.07, 6.45) is 4.34. The lowest BCUT2D eigenvalue weighted by molar-refractivity contribution is 0.140. The Balaban J connectivity index is 2.38. The van der Waals surface area contributed by atoms with Gasteiger partial charge >= 0.3 is 0 Å². The van der Waals surface area contributed by atoms with Gasteiger partial charge in [0.05, 0.1) is 6.61 Å². The zero-order chi connectivity index (χ0) is 7.61. The Morgan fingerprint density at radius 3 is 2.40 bits per heavy atom. The lowest BCUT2D eigenvalue weighted by Crippen LogP contribution is -2.46. The topological polar surface area (TPSA) is 46.2 Å². The average molecular weight is 143 g/mol. The number of aliphatic hydroxyl groups is 1. The Kier molecular flexibility index (Phi) is 2.32. The van der Waals surface area contributed by atoms with Crippen molar-refractivity contribution in [3.63, 3.8) is 0 Å². The molecule has 1 saturated carbocycles. The van der Waals surface area contributed by atoms with Gasteiger partial charge in [-0.2, -0.15) is 0 Å². The molecule has 0 aromatic carbocycles. The van der Waals surface area contributed by atoms with Crippen LogP contribution in [0.4, 0.5) is 0 Å². The zero-order valence-corrected chi connectivity index (χ0v) is 6.64. The fourth-order valence-electron chi connectivity index (χ4n) is 1.50. The van der Waals surface area contributed by atoms with Crippen LogP contribution in [0.5, 0.6) is 0 Å². The molecule has 0 heterocycles. The molecule has 1 aliphatic rings. The summed E-state index contributed by atoms with van der Waals surface area (Å²) in [5.41, 5.74) is 5.63. The molecule has 0 bridgehead atoms. The first kappa shape index (κ1) is 8.02. The monoisotopic (exact) mass is 143 g/mol. The van der Waals surface area contributed by atoms with Crippen LogP contribution in [0.15, 0.2) is 0 Å². The van der Waals surface area contributed by atoms with Crippen LogP contribution in [0, 0.1) is 5.92 Å². The molecule has 1 rings (SSSR count). The smallest absolute Gasteiger partial charge is 0.0611 e. The van der Waals surface area contributed by atoms with Gasteiger partial charge in [-0.3, -0.25) is 0 Å². The molecule has 3 N–H and O–H groups in total. The number of aliphatic hydroxyl groups excluding tert-OH is 1. The van der Waals surface area contributed by atoms with Crippen LogP contribution in [0.25, 0.3) is 0 Å². The van der Waals surface area contributed by atoms with Gasteiger partial charge in [0, 0.05) is 5.54 Å². The van der Waals surface area contributed by atoms with Crippen LogP contribution >= 0.6 is 0 Å². The molecule has 0 saturated heterocycles. The van der Waals surface area contributed by atoms with Crippen molar-refractivity contribution in [3.05, 3.63) is 0 Å². The van der Waals surface area contributed by atoms with Crippen molar-refractivity contribution in [3.8, 4) is 0 Å². The molecule has 0 spiro atoms. The van der Waals surface area contributed by atoms with E-state index in [1.54, 1.807) is 0 Å². The molecule has 0 aliphatic heterocycles. The maximum atomic E-state index is 8.91. The minimum absolute atomic E-state index is 0.153. The summed E-state index contributed by atoms with van der Waals surface area (Å²) in [5.74, 6) is 0.809. The third-order valence-electron chi connectivity index (χ3n) is 2.58. The predicted octanol–water partition coefficient (Wildman–Crippen LogP) is 0.886. The van der Waals surface area contributed by atoms with Crippen LogP contribution in [0.1, 0.15) is 32.6 Å². The normalized spacial score (nSPS) is 41.7. The largest absolute Gasteiger partial charge is 0.394 e. The number of nitrogens with two attached hydrogens (primary N) is 1. The number of hydrogen-bond acceptors (Lipinski definition) is 2. The fraction of sp³-hybridized carbons (Fsp3) is 1.00. The fourth-order valence-corrected chi connectivity index (χ4v) is 1.50. The molecule has 0 amide bonds. The first-order valence-electron chi connectivity index (χ1n) is 4.06. The van der Waals surface area contributed by atoms with E-state index in [1.165, 1.54) is 12.8 Å². The molecule has 2 nitrogen and oxygen atoms in total. The van der Waals surface area contributed by atoms with Gasteiger partial charge in [-0.15, -0.1) is 0 Å². The number of rotatable bonds is 1. The lowest BCUT2D eigenvalue weighted by Gasteiger charge is -2.34. The van der Waals surface area contributed by atoms with Gasteiger partial charge in [0.1, 0.15) is 0 Å². The predicted molar refractivity (Wildman–Crippen MR) is 41.6 cm³/mol. The van der Waals surface area contributed by atoms with Gasteiger partial charge in [-0.25, -0.2) is 0 Å². The van der Waals surface area contributed by atoms with Gasteiger partial charge in [0.25, 0.3) is 0 Å². The molecular formula is C8H17NO. The molecule has 0 aromatic heterocycles. The summed E-state index contributed by atoms with van der Waals surface area (Å²) in [5, 5.41) is 8.91. The highest BCUT2D eigenvalue weighted by Crippen LogP contribution is 2.29. The maximum Gasteiger partial charge on any atom is 0.0611 e. The summed E-state index contributed by atoms with van der Waals surface area (Å²) in [4.78, 5) is 0. The third-order valence-corrected chi connectivity index (χ3v) is 2.58. The van der Waals surface area contributed by atoms with Gasteiger partial charge in [0.2, 0.25) is 0 Å². The van der Waals surface area contributed by atoms with Gasteiger partial charge in [-0.05, 0) is 31.6 Å². The van der Waals surface area contributed by atoms with Crippen LogP contribution in [-0.2, 0) is 0 Å². The van der Waals surface area contributed by atoms with Crippen molar-refractivity contribution in [2.24, 2.45) is 11.7 Å².